The average molecular weight is 1350 g/mol. The second-order valence-corrected chi connectivity index (χ2v) is 26.9. The van der Waals surface area contributed by atoms with E-state index in [4.69, 9.17) is 32.3 Å². The summed E-state index contributed by atoms with van der Waals surface area (Å²) in [4.78, 5) is 58.4. The molecule has 536 valence electrons. The van der Waals surface area contributed by atoms with Crippen molar-refractivity contribution in [3.63, 3.8) is 0 Å². The fourth-order valence-electron chi connectivity index (χ4n) is 9.46. The Morgan fingerprint density at radius 3 is 0.925 bits per heavy atom. The number of hydrogen-bond acceptors (Lipinski definition) is 14. The molecule has 0 saturated heterocycles. The van der Waals surface area contributed by atoms with E-state index in [-0.39, 0.29) is 19.3 Å². The lowest BCUT2D eigenvalue weighted by atomic mass is 10.0. The summed E-state index contributed by atoms with van der Waals surface area (Å²) in [5, 5.41) is 20.6. The van der Waals surface area contributed by atoms with Crippen LogP contribution in [-0.2, 0) is 55.8 Å². The number of aliphatic hydroxyl groups excluding tert-OH is 2. The molecule has 0 aromatic heterocycles. The van der Waals surface area contributed by atoms with Gasteiger partial charge in [0.15, 0.2) is 6.10 Å². The van der Waals surface area contributed by atoms with Gasteiger partial charge in [0.25, 0.3) is 0 Å². The number of carbonyl (C=O) groups excluding carboxylic acids is 3. The number of carbonyl (C=O) groups is 3. The van der Waals surface area contributed by atoms with E-state index in [1.54, 1.807) is 0 Å². The predicted octanol–water partition coefficient (Wildman–Crippen LogP) is 20.4. The van der Waals surface area contributed by atoms with Crippen LogP contribution in [-0.4, -0.2) is 95.9 Å². The van der Waals surface area contributed by atoms with Gasteiger partial charge >= 0.3 is 33.6 Å². The summed E-state index contributed by atoms with van der Waals surface area (Å²) < 4.78 is 61.0. The Bertz CT molecular complexity index is 2130. The van der Waals surface area contributed by atoms with Crippen molar-refractivity contribution in [1.82, 2.24) is 0 Å². The van der Waals surface area contributed by atoms with Crippen molar-refractivity contribution in [2.24, 2.45) is 0 Å². The molecule has 0 aliphatic rings. The summed E-state index contributed by atoms with van der Waals surface area (Å²) >= 11 is 0. The first-order valence-electron chi connectivity index (χ1n) is 36.2. The summed E-state index contributed by atoms with van der Waals surface area (Å²) in [6.07, 6.45) is 77.0. The van der Waals surface area contributed by atoms with E-state index in [1.165, 1.54) is 70.6 Å². The van der Waals surface area contributed by atoms with Crippen molar-refractivity contribution in [3.05, 3.63) is 109 Å². The first kappa shape index (κ1) is 89.2. The Morgan fingerprint density at radius 1 is 0.312 bits per heavy atom. The number of rotatable bonds is 68. The molecule has 5 atom stereocenters. The molecule has 5 unspecified atom stereocenters. The first-order valence-corrected chi connectivity index (χ1v) is 39.2. The number of aliphatic hydroxyl groups is 2. The third-order valence-corrected chi connectivity index (χ3v) is 16.9. The van der Waals surface area contributed by atoms with Gasteiger partial charge in [-0.2, -0.15) is 0 Å². The molecule has 0 heterocycles. The lowest BCUT2D eigenvalue weighted by Gasteiger charge is -2.21. The SMILES string of the molecule is CC/C=C\C/C=C\C/C=C\C/C=C\C/C=C\C/C=C\CCCCCCCCC(=O)OCC(O)COP(=O)(O)OCC(O)COP(=O)(O)OCC(COC(=O)CCCCCCCC/C=C\C/C=C\C/C=C\CCCCC)OC(=O)CCCCCCCCCCCCCCC. The smallest absolute Gasteiger partial charge is 0.463 e. The van der Waals surface area contributed by atoms with E-state index in [1.807, 2.05) is 0 Å². The van der Waals surface area contributed by atoms with Gasteiger partial charge in [-0.3, -0.25) is 32.5 Å². The zero-order chi connectivity index (χ0) is 68.1. The lowest BCUT2D eigenvalue weighted by Crippen LogP contribution is -2.30. The van der Waals surface area contributed by atoms with Crippen molar-refractivity contribution in [3.8, 4) is 0 Å². The Balaban J connectivity index is 4.59. The molecule has 0 bridgehead atoms. The fraction of sp³-hybridized carbons (Fsp3) is 0.720. The van der Waals surface area contributed by atoms with Crippen LogP contribution in [0, 0.1) is 0 Å². The minimum atomic E-state index is -4.93. The molecular formula is C75H130O16P2. The number of phosphoric acid groups is 2. The van der Waals surface area contributed by atoms with Gasteiger partial charge in [0, 0.05) is 19.3 Å². The number of unbranched alkanes of at least 4 members (excludes halogenated alkanes) is 27. The third kappa shape index (κ3) is 69.4. The van der Waals surface area contributed by atoms with Gasteiger partial charge in [0.2, 0.25) is 0 Å². The normalized spacial score (nSPS) is 14.8. The van der Waals surface area contributed by atoms with Gasteiger partial charge in [-0.05, 0) is 109 Å². The molecule has 0 fully saturated rings. The van der Waals surface area contributed by atoms with E-state index in [9.17, 15) is 43.5 Å². The highest BCUT2D eigenvalue weighted by molar-refractivity contribution is 7.47. The molecule has 0 aromatic rings. The Kier molecular flexibility index (Phi) is 65.4. The highest BCUT2D eigenvalue weighted by atomic mass is 31.2. The lowest BCUT2D eigenvalue weighted by molar-refractivity contribution is -0.161. The molecule has 0 aliphatic heterocycles. The Labute approximate surface area is 564 Å². The molecule has 0 aromatic carbocycles. The second kappa shape index (κ2) is 68.2. The van der Waals surface area contributed by atoms with Crippen molar-refractivity contribution >= 4 is 33.6 Å². The Morgan fingerprint density at radius 2 is 0.570 bits per heavy atom. The molecule has 0 spiro atoms. The first-order chi connectivity index (χ1) is 45.2. The third-order valence-electron chi connectivity index (χ3n) is 15.0. The summed E-state index contributed by atoms with van der Waals surface area (Å²) in [5.74, 6) is -1.60. The van der Waals surface area contributed by atoms with Crippen molar-refractivity contribution in [2.75, 3.05) is 39.6 Å². The maximum atomic E-state index is 12.9. The number of phosphoric ester groups is 2. The molecule has 4 N–H and O–H groups in total. The number of allylic oxidation sites excluding steroid dienone is 18. The van der Waals surface area contributed by atoms with Crippen LogP contribution in [0.25, 0.3) is 0 Å². The number of hydrogen-bond donors (Lipinski definition) is 4. The number of esters is 3. The van der Waals surface area contributed by atoms with Crippen LogP contribution < -0.4 is 0 Å². The van der Waals surface area contributed by atoms with E-state index >= 15 is 0 Å². The molecule has 0 saturated carbocycles. The summed E-state index contributed by atoms with van der Waals surface area (Å²) in [5.41, 5.74) is 0. The molecule has 0 radical (unpaired) electrons. The Hall–Kier alpha value is -3.79. The zero-order valence-electron chi connectivity index (χ0n) is 58.1. The van der Waals surface area contributed by atoms with Crippen LogP contribution >= 0.6 is 15.6 Å². The van der Waals surface area contributed by atoms with Crippen molar-refractivity contribution in [1.29, 1.82) is 0 Å². The highest BCUT2D eigenvalue weighted by Crippen LogP contribution is 2.45. The summed E-state index contributed by atoms with van der Waals surface area (Å²) in [7, 11) is -9.78. The van der Waals surface area contributed by atoms with Crippen LogP contribution in [0.5, 0.6) is 0 Å². The standard InChI is InChI=1S/C75H130O16P2/c1-4-7-10-13-16-19-22-25-27-29-31-32-33-34-35-36-38-40-41-44-46-49-52-55-58-61-73(78)85-64-70(76)65-87-92(81,82)88-66-71(77)67-89-93(83,84)90-69-72(91-75(80)63-60-57-54-51-48-43-24-21-18-15-12-9-6-3)68-86-74(79)62-59-56-53-50-47-45-42-39-37-30-28-26-23-20-17-14-11-8-5-2/h7,10,16-17,19-20,25-28,31-32,34-35,37-40,70-72,76-77H,4-6,8-9,11-15,18,21-24,29-30,33,36,41-69H2,1-3H3,(H,81,82)(H,83,84)/b10-7-,19-16-,20-17-,27-25-,28-26-,32-31-,35-34-,39-37-,40-38-. The van der Waals surface area contributed by atoms with Crippen LogP contribution in [0.3, 0.4) is 0 Å². The molecule has 0 rings (SSSR count). The van der Waals surface area contributed by atoms with Crippen LogP contribution in [0.15, 0.2) is 109 Å². The number of ether oxygens (including phenoxy) is 3. The molecule has 16 nitrogen and oxygen atoms in total. The molecule has 18 heteroatoms. The van der Waals surface area contributed by atoms with Crippen molar-refractivity contribution < 1.29 is 75.8 Å². The van der Waals surface area contributed by atoms with Crippen LogP contribution in [0.2, 0.25) is 0 Å². The van der Waals surface area contributed by atoms with E-state index < -0.39 is 91.5 Å². The summed E-state index contributed by atoms with van der Waals surface area (Å²) in [6, 6.07) is 0. The van der Waals surface area contributed by atoms with Gasteiger partial charge in [-0.1, -0.05) is 271 Å². The van der Waals surface area contributed by atoms with Gasteiger partial charge in [-0.25, -0.2) is 9.13 Å². The van der Waals surface area contributed by atoms with Gasteiger partial charge in [0.05, 0.1) is 26.4 Å². The van der Waals surface area contributed by atoms with E-state index in [0.29, 0.717) is 19.3 Å². The monoisotopic (exact) mass is 1350 g/mol. The largest absolute Gasteiger partial charge is 0.472 e. The molecular weight excluding hydrogens is 1220 g/mol. The maximum Gasteiger partial charge on any atom is 0.472 e. The quantitative estimate of drug-likeness (QED) is 0.0146. The highest BCUT2D eigenvalue weighted by Gasteiger charge is 2.29. The van der Waals surface area contributed by atoms with E-state index in [0.717, 1.165) is 161 Å². The predicted molar refractivity (Wildman–Crippen MR) is 380 cm³/mol. The average Bonchev–Trinajstić information content (AvgIpc) is 3.74. The van der Waals surface area contributed by atoms with E-state index in [2.05, 4.69) is 130 Å². The minimum absolute atomic E-state index is 0.103. The topological polar surface area (TPSA) is 231 Å². The molecule has 0 aliphatic carbocycles. The van der Waals surface area contributed by atoms with Crippen LogP contribution in [0.4, 0.5) is 0 Å². The van der Waals surface area contributed by atoms with Crippen molar-refractivity contribution in [2.45, 2.75) is 309 Å². The summed E-state index contributed by atoms with van der Waals surface area (Å²) in [6.45, 7) is 2.51. The molecule has 0 amide bonds. The zero-order valence-corrected chi connectivity index (χ0v) is 59.9. The van der Waals surface area contributed by atoms with Gasteiger partial charge in [0.1, 0.15) is 25.4 Å². The minimum Gasteiger partial charge on any atom is -0.463 e. The van der Waals surface area contributed by atoms with Gasteiger partial charge in [-0.15, -0.1) is 0 Å². The van der Waals surface area contributed by atoms with Crippen LogP contribution in [0.1, 0.15) is 290 Å². The maximum absolute atomic E-state index is 12.9. The molecule has 93 heavy (non-hydrogen) atoms. The second-order valence-electron chi connectivity index (χ2n) is 24.0. The fourth-order valence-corrected chi connectivity index (χ4v) is 11.0. The van der Waals surface area contributed by atoms with Gasteiger partial charge < -0.3 is 34.2 Å².